The number of aliphatic carboxylic acids is 1. The standard InChI is InChI=1S/C11H26O4Si2/c1-11(10(12)13,8-14-16(2,3)4)9-15-17(5,6)7/h8-9H2,1-7H3,(H,12,13). The van der Waals surface area contributed by atoms with Gasteiger partial charge in [0.1, 0.15) is 5.41 Å². The Morgan fingerprint density at radius 1 is 1.00 bits per heavy atom. The van der Waals surface area contributed by atoms with Crippen LogP contribution in [0.4, 0.5) is 0 Å². The van der Waals surface area contributed by atoms with E-state index in [1.165, 1.54) is 0 Å². The first kappa shape index (κ1) is 16.8. The monoisotopic (exact) mass is 278 g/mol. The lowest BCUT2D eigenvalue weighted by Gasteiger charge is -2.31. The minimum Gasteiger partial charge on any atom is -0.481 e. The molecule has 6 heteroatoms. The first-order chi connectivity index (χ1) is 7.36. The quantitative estimate of drug-likeness (QED) is 0.728. The summed E-state index contributed by atoms with van der Waals surface area (Å²) in [6.07, 6.45) is 0. The third-order valence-electron chi connectivity index (χ3n) is 2.16. The number of hydrogen-bond donors (Lipinski definition) is 1. The first-order valence-corrected chi connectivity index (χ1v) is 12.7. The largest absolute Gasteiger partial charge is 0.481 e. The van der Waals surface area contributed by atoms with Crippen molar-refractivity contribution in [1.82, 2.24) is 0 Å². The summed E-state index contributed by atoms with van der Waals surface area (Å²) in [6.45, 7) is 14.4. The van der Waals surface area contributed by atoms with Gasteiger partial charge in [0.2, 0.25) is 0 Å². The van der Waals surface area contributed by atoms with Crippen LogP contribution in [0.25, 0.3) is 0 Å². The SMILES string of the molecule is CC(CO[Si](C)(C)C)(CO[Si](C)(C)C)C(=O)O. The Hall–Kier alpha value is -0.176. The summed E-state index contributed by atoms with van der Waals surface area (Å²) in [6, 6.07) is 0. The Balaban J connectivity index is 4.53. The minimum absolute atomic E-state index is 0.225. The molecule has 0 rings (SSSR count). The lowest BCUT2D eigenvalue weighted by molar-refractivity contribution is -0.152. The van der Waals surface area contributed by atoms with Crippen LogP contribution in [0.15, 0.2) is 0 Å². The predicted octanol–water partition coefficient (Wildman–Crippen LogP) is 2.78. The zero-order valence-corrected chi connectivity index (χ0v) is 14.1. The number of hydrogen-bond acceptors (Lipinski definition) is 3. The Morgan fingerprint density at radius 2 is 1.29 bits per heavy atom. The van der Waals surface area contributed by atoms with Gasteiger partial charge in [-0.15, -0.1) is 0 Å². The molecule has 102 valence electrons. The number of carbonyl (C=O) groups is 1. The zero-order chi connectivity index (χ0) is 13.9. The van der Waals surface area contributed by atoms with Crippen molar-refractivity contribution in [2.45, 2.75) is 46.2 Å². The van der Waals surface area contributed by atoms with Gasteiger partial charge in [0.25, 0.3) is 0 Å². The molecule has 0 radical (unpaired) electrons. The van der Waals surface area contributed by atoms with E-state index in [9.17, 15) is 9.90 Å². The number of carboxylic acids is 1. The Morgan fingerprint density at radius 3 is 1.47 bits per heavy atom. The predicted molar refractivity (Wildman–Crippen MR) is 74.3 cm³/mol. The average molecular weight is 278 g/mol. The van der Waals surface area contributed by atoms with Crippen molar-refractivity contribution in [3.63, 3.8) is 0 Å². The summed E-state index contributed by atoms with van der Waals surface area (Å²) in [5.74, 6) is -0.853. The lowest BCUT2D eigenvalue weighted by atomic mass is 9.94. The van der Waals surface area contributed by atoms with E-state index in [0.29, 0.717) is 0 Å². The number of carboxylic acid groups (broad SMARTS) is 1. The fraction of sp³-hybridized carbons (Fsp3) is 0.909. The van der Waals surface area contributed by atoms with Crippen molar-refractivity contribution >= 4 is 22.6 Å². The van der Waals surface area contributed by atoms with Crippen molar-refractivity contribution in [1.29, 1.82) is 0 Å². The molecule has 0 bridgehead atoms. The maximum Gasteiger partial charge on any atom is 0.313 e. The van der Waals surface area contributed by atoms with Gasteiger partial charge in [0, 0.05) is 0 Å². The summed E-state index contributed by atoms with van der Waals surface area (Å²) in [5, 5.41) is 9.30. The van der Waals surface area contributed by atoms with Crippen LogP contribution in [0.3, 0.4) is 0 Å². The molecule has 0 heterocycles. The van der Waals surface area contributed by atoms with E-state index in [1.807, 2.05) is 0 Å². The molecule has 0 saturated carbocycles. The highest BCUT2D eigenvalue weighted by Crippen LogP contribution is 2.22. The zero-order valence-electron chi connectivity index (χ0n) is 12.1. The third-order valence-corrected chi connectivity index (χ3v) is 4.18. The van der Waals surface area contributed by atoms with Crippen LogP contribution in [0.1, 0.15) is 6.92 Å². The molecule has 0 fully saturated rings. The molecule has 0 aromatic heterocycles. The van der Waals surface area contributed by atoms with E-state index in [1.54, 1.807) is 6.92 Å². The van der Waals surface area contributed by atoms with E-state index < -0.39 is 28.0 Å². The van der Waals surface area contributed by atoms with Crippen LogP contribution >= 0.6 is 0 Å². The summed E-state index contributed by atoms with van der Waals surface area (Å²) in [4.78, 5) is 11.3. The van der Waals surface area contributed by atoms with Crippen molar-refractivity contribution < 1.29 is 18.8 Å². The van der Waals surface area contributed by atoms with E-state index in [-0.39, 0.29) is 13.2 Å². The molecule has 17 heavy (non-hydrogen) atoms. The van der Waals surface area contributed by atoms with Gasteiger partial charge < -0.3 is 14.0 Å². The molecule has 0 atom stereocenters. The van der Waals surface area contributed by atoms with Gasteiger partial charge in [0.15, 0.2) is 16.6 Å². The second kappa shape index (κ2) is 5.64. The van der Waals surface area contributed by atoms with Crippen molar-refractivity contribution in [3.8, 4) is 0 Å². The fourth-order valence-corrected chi connectivity index (χ4v) is 2.42. The third kappa shape index (κ3) is 7.69. The molecule has 0 unspecified atom stereocenters. The molecule has 0 amide bonds. The van der Waals surface area contributed by atoms with Crippen LogP contribution < -0.4 is 0 Å². The Labute approximate surface area is 107 Å². The fourth-order valence-electron chi connectivity index (χ4n) is 0.917. The highest BCUT2D eigenvalue weighted by molar-refractivity contribution is 6.70. The highest BCUT2D eigenvalue weighted by Gasteiger charge is 2.37. The highest BCUT2D eigenvalue weighted by atomic mass is 28.4. The van der Waals surface area contributed by atoms with Gasteiger partial charge in [-0.25, -0.2) is 0 Å². The minimum atomic E-state index is -1.70. The van der Waals surface area contributed by atoms with Gasteiger partial charge in [-0.2, -0.15) is 0 Å². The first-order valence-electron chi connectivity index (χ1n) is 5.87. The molecule has 0 aliphatic carbocycles. The van der Waals surface area contributed by atoms with Crippen LogP contribution in [0.2, 0.25) is 39.3 Å². The van der Waals surface area contributed by atoms with Gasteiger partial charge in [-0.3, -0.25) is 4.79 Å². The summed E-state index contributed by atoms with van der Waals surface area (Å²) in [7, 11) is -3.39. The molecule has 0 aromatic carbocycles. The lowest BCUT2D eigenvalue weighted by Crippen LogP contribution is -2.44. The normalized spacial score (nSPS) is 13.8. The molecule has 1 N–H and O–H groups in total. The maximum atomic E-state index is 11.3. The van der Waals surface area contributed by atoms with Crippen LogP contribution in [-0.4, -0.2) is 40.9 Å². The van der Waals surface area contributed by atoms with Gasteiger partial charge in [-0.05, 0) is 46.2 Å². The molecular formula is C11H26O4Si2. The summed E-state index contributed by atoms with van der Waals surface area (Å²) < 4.78 is 11.4. The maximum absolute atomic E-state index is 11.3. The van der Waals surface area contributed by atoms with Crippen molar-refractivity contribution in [2.75, 3.05) is 13.2 Å². The van der Waals surface area contributed by atoms with E-state index in [4.69, 9.17) is 8.85 Å². The number of rotatable bonds is 7. The molecule has 4 nitrogen and oxygen atoms in total. The molecule has 0 saturated heterocycles. The topological polar surface area (TPSA) is 55.8 Å². The van der Waals surface area contributed by atoms with Crippen LogP contribution in [0, 0.1) is 5.41 Å². The second-order valence-electron chi connectivity index (χ2n) is 6.67. The Bertz CT molecular complexity index is 248. The molecular weight excluding hydrogens is 252 g/mol. The summed E-state index contributed by atoms with van der Waals surface area (Å²) >= 11 is 0. The molecule has 0 aromatic rings. The van der Waals surface area contributed by atoms with Crippen molar-refractivity contribution in [3.05, 3.63) is 0 Å². The van der Waals surface area contributed by atoms with Gasteiger partial charge in [0.05, 0.1) is 13.2 Å². The van der Waals surface area contributed by atoms with E-state index in [2.05, 4.69) is 39.3 Å². The van der Waals surface area contributed by atoms with Crippen LogP contribution in [-0.2, 0) is 13.6 Å². The van der Waals surface area contributed by atoms with E-state index >= 15 is 0 Å². The van der Waals surface area contributed by atoms with E-state index in [0.717, 1.165) is 0 Å². The molecule has 0 aliphatic heterocycles. The van der Waals surface area contributed by atoms with Gasteiger partial charge >= 0.3 is 5.97 Å². The molecule has 0 spiro atoms. The Kier molecular flexibility index (Phi) is 5.58. The second-order valence-corrected chi connectivity index (χ2v) is 15.7. The molecule has 0 aliphatic rings. The van der Waals surface area contributed by atoms with Gasteiger partial charge in [-0.1, -0.05) is 0 Å². The van der Waals surface area contributed by atoms with Crippen molar-refractivity contribution in [2.24, 2.45) is 5.41 Å². The van der Waals surface area contributed by atoms with Crippen LogP contribution in [0.5, 0.6) is 0 Å². The smallest absolute Gasteiger partial charge is 0.313 e. The summed E-state index contributed by atoms with van der Waals surface area (Å²) in [5.41, 5.74) is -0.944. The average Bonchev–Trinajstić information content (AvgIpc) is 2.09.